The van der Waals surface area contributed by atoms with Gasteiger partial charge in [0, 0.05) is 31.2 Å². The smallest absolute Gasteiger partial charge is 0.246 e. The number of carbonyl (C=O) groups is 1. The third-order valence-electron chi connectivity index (χ3n) is 3.45. The lowest BCUT2D eigenvalue weighted by molar-refractivity contribution is -0.119. The zero-order valence-corrected chi connectivity index (χ0v) is 13.7. The van der Waals surface area contributed by atoms with Crippen molar-refractivity contribution in [3.05, 3.63) is 23.2 Å². The third-order valence-corrected chi connectivity index (χ3v) is 5.61. The van der Waals surface area contributed by atoms with Crippen molar-refractivity contribution in [1.29, 1.82) is 0 Å². The summed E-state index contributed by atoms with van der Waals surface area (Å²) in [4.78, 5) is 12.8. The van der Waals surface area contributed by atoms with Crippen molar-refractivity contribution in [2.75, 3.05) is 39.8 Å². The summed E-state index contributed by atoms with van der Waals surface area (Å²) < 4.78 is 31.9. The molecule has 0 saturated carbocycles. The molecular formula is C13H18ClN3O4S. The van der Waals surface area contributed by atoms with Gasteiger partial charge in [0.05, 0.1) is 13.7 Å². The van der Waals surface area contributed by atoms with Crippen LogP contribution in [0.1, 0.15) is 0 Å². The predicted molar refractivity (Wildman–Crippen MR) is 82.4 cm³/mol. The average molecular weight is 348 g/mol. The molecule has 0 bridgehead atoms. The highest BCUT2D eigenvalue weighted by Crippen LogP contribution is 2.30. The zero-order valence-electron chi connectivity index (χ0n) is 12.2. The second-order valence-corrected chi connectivity index (χ2v) is 7.28. The second kappa shape index (κ2) is 6.82. The van der Waals surface area contributed by atoms with Crippen LogP contribution in [0, 0.1) is 0 Å². The van der Waals surface area contributed by atoms with Crippen molar-refractivity contribution in [2.45, 2.75) is 4.90 Å². The van der Waals surface area contributed by atoms with Crippen LogP contribution in [0.2, 0.25) is 5.02 Å². The lowest BCUT2D eigenvalue weighted by atomic mass is 10.3. The summed E-state index contributed by atoms with van der Waals surface area (Å²) >= 11 is 5.90. The normalized spacial score (nSPS) is 17.4. The van der Waals surface area contributed by atoms with Gasteiger partial charge in [-0.1, -0.05) is 11.6 Å². The number of sulfonamides is 1. The Morgan fingerprint density at radius 3 is 2.50 bits per heavy atom. The van der Waals surface area contributed by atoms with Crippen LogP contribution in [0.25, 0.3) is 0 Å². The molecule has 0 atom stereocenters. The molecule has 2 N–H and O–H groups in total. The Morgan fingerprint density at radius 1 is 1.32 bits per heavy atom. The summed E-state index contributed by atoms with van der Waals surface area (Å²) in [5, 5.41) is 0.326. The van der Waals surface area contributed by atoms with Gasteiger partial charge in [0.15, 0.2) is 0 Å². The number of amides is 1. The lowest BCUT2D eigenvalue weighted by Crippen LogP contribution is -2.50. The maximum absolute atomic E-state index is 12.7. The first-order valence-electron chi connectivity index (χ1n) is 6.69. The summed E-state index contributed by atoms with van der Waals surface area (Å²) in [6.45, 7) is 1.60. The van der Waals surface area contributed by atoms with Crippen LogP contribution in [-0.4, -0.2) is 63.4 Å². The molecule has 1 aromatic carbocycles. The van der Waals surface area contributed by atoms with E-state index in [0.29, 0.717) is 18.1 Å². The maximum Gasteiger partial charge on any atom is 0.246 e. The molecule has 0 aliphatic carbocycles. The van der Waals surface area contributed by atoms with Crippen LogP contribution < -0.4 is 10.5 Å². The van der Waals surface area contributed by atoms with Gasteiger partial charge in [-0.2, -0.15) is 4.31 Å². The van der Waals surface area contributed by atoms with E-state index >= 15 is 0 Å². The minimum atomic E-state index is -3.70. The second-order valence-electron chi connectivity index (χ2n) is 4.94. The Hall–Kier alpha value is -1.35. The molecule has 2 rings (SSSR count). The number of nitrogens with two attached hydrogens (primary N) is 1. The van der Waals surface area contributed by atoms with Gasteiger partial charge in [-0.25, -0.2) is 8.42 Å². The number of ether oxygens (including phenoxy) is 1. The van der Waals surface area contributed by atoms with Gasteiger partial charge in [0.25, 0.3) is 0 Å². The molecular weight excluding hydrogens is 330 g/mol. The summed E-state index contributed by atoms with van der Waals surface area (Å²) in [6.07, 6.45) is 0. The molecule has 1 amide bonds. The van der Waals surface area contributed by atoms with Crippen molar-refractivity contribution in [1.82, 2.24) is 9.21 Å². The topological polar surface area (TPSA) is 92.9 Å². The van der Waals surface area contributed by atoms with Crippen LogP contribution in [0.5, 0.6) is 5.75 Å². The van der Waals surface area contributed by atoms with E-state index in [0.717, 1.165) is 0 Å². The minimum absolute atomic E-state index is 0.0471. The van der Waals surface area contributed by atoms with Gasteiger partial charge < -0.3 is 10.5 Å². The first kappa shape index (κ1) is 17.0. The first-order valence-corrected chi connectivity index (χ1v) is 8.50. The highest BCUT2D eigenvalue weighted by molar-refractivity contribution is 7.89. The quantitative estimate of drug-likeness (QED) is 0.817. The Kier molecular flexibility index (Phi) is 5.28. The molecule has 9 heteroatoms. The molecule has 0 aromatic heterocycles. The van der Waals surface area contributed by atoms with E-state index in [1.165, 1.54) is 23.5 Å². The van der Waals surface area contributed by atoms with Crippen LogP contribution in [-0.2, 0) is 14.8 Å². The molecule has 1 heterocycles. The standard InChI is InChI=1S/C13H18ClN3O4S/c1-21-11-3-2-10(14)8-12(11)22(19,20)17-6-4-16(5-7-17)9-13(15)18/h2-3,8H,4-7,9H2,1H3,(H2,15,18). The molecule has 22 heavy (non-hydrogen) atoms. The first-order chi connectivity index (χ1) is 10.3. The van der Waals surface area contributed by atoms with Gasteiger partial charge in [-0.15, -0.1) is 0 Å². The summed E-state index contributed by atoms with van der Waals surface area (Å²) in [5.74, 6) is -0.170. The molecule has 1 saturated heterocycles. The molecule has 1 aliphatic rings. The third kappa shape index (κ3) is 3.70. The molecule has 0 spiro atoms. The number of methoxy groups -OCH3 is 1. The molecule has 1 aromatic rings. The number of piperazine rings is 1. The van der Waals surface area contributed by atoms with Crippen LogP contribution >= 0.6 is 11.6 Å². The van der Waals surface area contributed by atoms with E-state index < -0.39 is 15.9 Å². The van der Waals surface area contributed by atoms with Crippen LogP contribution in [0.15, 0.2) is 23.1 Å². The number of rotatable bonds is 5. The van der Waals surface area contributed by atoms with Crippen molar-refractivity contribution in [3.63, 3.8) is 0 Å². The number of primary amides is 1. The van der Waals surface area contributed by atoms with E-state index in [4.69, 9.17) is 22.1 Å². The van der Waals surface area contributed by atoms with Crippen LogP contribution in [0.4, 0.5) is 0 Å². The maximum atomic E-state index is 12.7. The largest absolute Gasteiger partial charge is 0.495 e. The minimum Gasteiger partial charge on any atom is -0.495 e. The van der Waals surface area contributed by atoms with Gasteiger partial charge in [0.1, 0.15) is 10.6 Å². The number of nitrogens with zero attached hydrogens (tertiary/aromatic N) is 2. The fraction of sp³-hybridized carbons (Fsp3) is 0.462. The number of hydrogen-bond acceptors (Lipinski definition) is 5. The number of benzene rings is 1. The Balaban J connectivity index is 2.19. The number of halogens is 1. The zero-order chi connectivity index (χ0) is 16.3. The predicted octanol–water partition coefficient (Wildman–Crippen LogP) is 0.140. The van der Waals surface area contributed by atoms with E-state index in [9.17, 15) is 13.2 Å². The average Bonchev–Trinajstić information content (AvgIpc) is 2.47. The van der Waals surface area contributed by atoms with Gasteiger partial charge in [-0.3, -0.25) is 9.69 Å². The molecule has 7 nitrogen and oxygen atoms in total. The van der Waals surface area contributed by atoms with Gasteiger partial charge >= 0.3 is 0 Å². The van der Waals surface area contributed by atoms with Crippen LogP contribution in [0.3, 0.4) is 0 Å². The highest BCUT2D eigenvalue weighted by Gasteiger charge is 2.31. The molecule has 0 unspecified atom stereocenters. The lowest BCUT2D eigenvalue weighted by Gasteiger charge is -2.33. The monoisotopic (exact) mass is 347 g/mol. The Morgan fingerprint density at radius 2 is 1.95 bits per heavy atom. The molecule has 1 aliphatic heterocycles. The number of carbonyl (C=O) groups excluding carboxylic acids is 1. The van der Waals surface area contributed by atoms with E-state index in [2.05, 4.69) is 0 Å². The Labute approximate surface area is 134 Å². The Bertz CT molecular complexity index is 657. The fourth-order valence-electron chi connectivity index (χ4n) is 2.34. The summed E-state index contributed by atoms with van der Waals surface area (Å²) in [7, 11) is -2.29. The fourth-order valence-corrected chi connectivity index (χ4v) is 4.18. The van der Waals surface area contributed by atoms with E-state index in [-0.39, 0.29) is 30.3 Å². The number of hydrogen-bond donors (Lipinski definition) is 1. The van der Waals surface area contributed by atoms with Gasteiger partial charge in [0.2, 0.25) is 15.9 Å². The van der Waals surface area contributed by atoms with Crippen molar-refractivity contribution in [3.8, 4) is 5.75 Å². The van der Waals surface area contributed by atoms with Crippen molar-refractivity contribution in [2.24, 2.45) is 5.73 Å². The van der Waals surface area contributed by atoms with E-state index in [1.54, 1.807) is 6.07 Å². The van der Waals surface area contributed by atoms with E-state index in [1.807, 2.05) is 4.90 Å². The summed E-state index contributed by atoms with van der Waals surface area (Å²) in [5.41, 5.74) is 5.15. The van der Waals surface area contributed by atoms with Crippen molar-refractivity contribution < 1.29 is 17.9 Å². The summed E-state index contributed by atoms with van der Waals surface area (Å²) in [6, 6.07) is 4.48. The van der Waals surface area contributed by atoms with Gasteiger partial charge in [-0.05, 0) is 18.2 Å². The van der Waals surface area contributed by atoms with Crippen molar-refractivity contribution >= 4 is 27.5 Å². The SMILES string of the molecule is COc1ccc(Cl)cc1S(=O)(=O)N1CCN(CC(N)=O)CC1. The molecule has 122 valence electrons. The highest BCUT2D eigenvalue weighted by atomic mass is 35.5. The molecule has 1 fully saturated rings. The molecule has 0 radical (unpaired) electrons.